The second kappa shape index (κ2) is 11.6. The van der Waals surface area contributed by atoms with Crippen LogP contribution in [-0.2, 0) is 19.3 Å². The Kier molecular flexibility index (Phi) is 8.57. The van der Waals surface area contributed by atoms with Crippen molar-refractivity contribution in [3.8, 4) is 5.75 Å². The quantitative estimate of drug-likeness (QED) is 0.220. The zero-order valence-corrected chi connectivity index (χ0v) is 18.9. The number of hydrogen-bond acceptors (Lipinski definition) is 7. The first-order chi connectivity index (χ1) is 15.9. The third-order valence-electron chi connectivity index (χ3n) is 5.89. The fourth-order valence-corrected chi connectivity index (χ4v) is 4.09. The highest BCUT2D eigenvalue weighted by atomic mass is 17.2. The van der Waals surface area contributed by atoms with E-state index < -0.39 is 35.6 Å². The van der Waals surface area contributed by atoms with Crippen LogP contribution in [0.2, 0.25) is 0 Å². The molecule has 0 spiro atoms. The van der Waals surface area contributed by atoms with E-state index in [1.54, 1.807) is 0 Å². The molecule has 1 saturated heterocycles. The Morgan fingerprint density at radius 3 is 2.39 bits per heavy atom. The first kappa shape index (κ1) is 24.4. The lowest BCUT2D eigenvalue weighted by Gasteiger charge is -2.27. The zero-order valence-electron chi connectivity index (χ0n) is 18.9. The highest BCUT2D eigenvalue weighted by Gasteiger charge is 2.46. The van der Waals surface area contributed by atoms with E-state index in [0.29, 0.717) is 6.42 Å². The molecular weight excluding hydrogens is 428 g/mol. The van der Waals surface area contributed by atoms with Gasteiger partial charge in [-0.3, -0.25) is 39.2 Å². The number of benzene rings is 1. The van der Waals surface area contributed by atoms with Gasteiger partial charge in [0.05, 0.1) is 12.0 Å². The summed E-state index contributed by atoms with van der Waals surface area (Å²) in [7, 11) is 0. The molecule has 0 aromatic heterocycles. The van der Waals surface area contributed by atoms with Crippen molar-refractivity contribution in [3.05, 3.63) is 29.3 Å². The number of piperidine rings is 1. The number of carbonyl (C=O) groups is 5. The summed E-state index contributed by atoms with van der Waals surface area (Å²) in [6.07, 6.45) is 9.04. The number of imide groups is 2. The maximum Gasteiger partial charge on any atom is 0.355 e. The topological polar surface area (TPSA) is 119 Å². The van der Waals surface area contributed by atoms with Crippen LogP contribution in [-0.4, -0.2) is 40.5 Å². The summed E-state index contributed by atoms with van der Waals surface area (Å²) in [5.41, 5.74) is -0.00611. The average Bonchev–Trinajstić information content (AvgIpc) is 3.05. The Labute approximate surface area is 192 Å². The number of amides is 4. The second-order valence-electron chi connectivity index (χ2n) is 8.39. The van der Waals surface area contributed by atoms with Gasteiger partial charge in [-0.05, 0) is 25.0 Å². The molecule has 1 atom stereocenters. The predicted octanol–water partition coefficient (Wildman–Crippen LogP) is 3.46. The Hall–Kier alpha value is -3.23. The lowest BCUT2D eigenvalue weighted by atomic mass is 10.0. The standard InChI is InChI=1S/C24H30N2O7/c1-2-3-4-5-6-7-8-9-13-20(28)33-32-18-12-10-11-16-21(18)24(31)26(23(16)30)17-14-15-19(27)25-22(17)29/h10-12,17H,2-9,13-15H2,1H3,(H,25,27,29). The highest BCUT2D eigenvalue weighted by Crippen LogP contribution is 2.33. The number of nitrogens with one attached hydrogen (secondary N) is 1. The number of unbranched alkanes of at least 4 members (excludes halogenated alkanes) is 7. The van der Waals surface area contributed by atoms with Gasteiger partial charge < -0.3 is 0 Å². The molecule has 1 aromatic carbocycles. The van der Waals surface area contributed by atoms with E-state index in [-0.39, 0.29) is 36.1 Å². The zero-order chi connectivity index (χ0) is 23.8. The van der Waals surface area contributed by atoms with Gasteiger partial charge in [0, 0.05) is 6.42 Å². The van der Waals surface area contributed by atoms with Crippen LogP contribution in [0.15, 0.2) is 18.2 Å². The molecule has 4 amide bonds. The van der Waals surface area contributed by atoms with Crippen LogP contribution in [0.5, 0.6) is 5.75 Å². The molecule has 33 heavy (non-hydrogen) atoms. The second-order valence-corrected chi connectivity index (χ2v) is 8.39. The third kappa shape index (κ3) is 5.97. The molecule has 0 aliphatic carbocycles. The molecule has 1 N–H and O–H groups in total. The summed E-state index contributed by atoms with van der Waals surface area (Å²) in [6, 6.07) is 3.28. The smallest absolute Gasteiger partial charge is 0.295 e. The highest BCUT2D eigenvalue weighted by molar-refractivity contribution is 6.24. The van der Waals surface area contributed by atoms with Crippen LogP contribution in [0, 0.1) is 0 Å². The van der Waals surface area contributed by atoms with Crippen molar-refractivity contribution in [1.29, 1.82) is 0 Å². The van der Waals surface area contributed by atoms with Crippen molar-refractivity contribution in [2.24, 2.45) is 0 Å². The number of rotatable bonds is 12. The maximum atomic E-state index is 13.0. The number of fused-ring (bicyclic) bond motifs is 1. The van der Waals surface area contributed by atoms with E-state index in [4.69, 9.17) is 9.78 Å². The normalized spacial score (nSPS) is 17.7. The molecule has 9 heteroatoms. The fourth-order valence-electron chi connectivity index (χ4n) is 4.09. The van der Waals surface area contributed by atoms with Crippen molar-refractivity contribution in [2.75, 3.05) is 0 Å². The Morgan fingerprint density at radius 1 is 1.00 bits per heavy atom. The SMILES string of the molecule is CCCCCCCCCCC(=O)OOc1cccc2c1C(=O)N(C1CCC(=O)NC1=O)C2=O. The molecule has 0 saturated carbocycles. The minimum atomic E-state index is -1.08. The van der Waals surface area contributed by atoms with Gasteiger partial charge in [0.25, 0.3) is 11.8 Å². The van der Waals surface area contributed by atoms with E-state index >= 15 is 0 Å². The van der Waals surface area contributed by atoms with Crippen molar-refractivity contribution in [3.63, 3.8) is 0 Å². The number of carbonyl (C=O) groups excluding carboxylic acids is 5. The maximum absolute atomic E-state index is 13.0. The number of nitrogens with zero attached hydrogens (tertiary/aromatic N) is 1. The molecular formula is C24H30N2O7. The minimum absolute atomic E-state index is 0.0313. The van der Waals surface area contributed by atoms with Crippen LogP contribution in [0.4, 0.5) is 0 Å². The summed E-state index contributed by atoms with van der Waals surface area (Å²) in [4.78, 5) is 72.2. The third-order valence-corrected chi connectivity index (χ3v) is 5.89. The van der Waals surface area contributed by atoms with E-state index in [1.165, 1.54) is 43.9 Å². The van der Waals surface area contributed by atoms with Crippen molar-refractivity contribution < 1.29 is 33.7 Å². The summed E-state index contributed by atoms with van der Waals surface area (Å²) >= 11 is 0. The lowest BCUT2D eigenvalue weighted by molar-refractivity contribution is -0.214. The van der Waals surface area contributed by atoms with Gasteiger partial charge in [0.1, 0.15) is 11.6 Å². The molecule has 178 valence electrons. The molecule has 3 rings (SSSR count). The van der Waals surface area contributed by atoms with Crippen LogP contribution in [0.25, 0.3) is 0 Å². The minimum Gasteiger partial charge on any atom is -0.295 e. The fraction of sp³-hybridized carbons (Fsp3) is 0.542. The summed E-state index contributed by atoms with van der Waals surface area (Å²) in [5, 5.41) is 2.15. The summed E-state index contributed by atoms with van der Waals surface area (Å²) in [5.74, 6) is -3.14. The summed E-state index contributed by atoms with van der Waals surface area (Å²) in [6.45, 7) is 2.18. The van der Waals surface area contributed by atoms with E-state index in [9.17, 15) is 24.0 Å². The molecule has 0 bridgehead atoms. The van der Waals surface area contributed by atoms with Gasteiger partial charge in [0.2, 0.25) is 11.8 Å². The molecule has 1 unspecified atom stereocenters. The largest absolute Gasteiger partial charge is 0.355 e. The molecule has 1 aromatic rings. The van der Waals surface area contributed by atoms with Gasteiger partial charge in [-0.25, -0.2) is 4.79 Å². The van der Waals surface area contributed by atoms with Crippen LogP contribution >= 0.6 is 0 Å². The van der Waals surface area contributed by atoms with Crippen molar-refractivity contribution in [1.82, 2.24) is 10.2 Å². The van der Waals surface area contributed by atoms with Gasteiger partial charge >= 0.3 is 5.97 Å². The Balaban J connectivity index is 1.52. The first-order valence-corrected chi connectivity index (χ1v) is 11.7. The monoisotopic (exact) mass is 458 g/mol. The number of hydrogen-bond donors (Lipinski definition) is 1. The molecule has 0 radical (unpaired) electrons. The van der Waals surface area contributed by atoms with E-state index in [2.05, 4.69) is 12.2 Å². The first-order valence-electron chi connectivity index (χ1n) is 11.7. The van der Waals surface area contributed by atoms with Gasteiger partial charge in [-0.15, -0.1) is 0 Å². The molecule has 1 fully saturated rings. The molecule has 2 heterocycles. The van der Waals surface area contributed by atoms with Gasteiger partial charge in [-0.1, -0.05) is 57.9 Å². The van der Waals surface area contributed by atoms with E-state index in [1.807, 2.05) is 0 Å². The predicted molar refractivity (Wildman–Crippen MR) is 117 cm³/mol. The average molecular weight is 459 g/mol. The molecule has 9 nitrogen and oxygen atoms in total. The van der Waals surface area contributed by atoms with Crippen molar-refractivity contribution in [2.45, 2.75) is 83.6 Å². The van der Waals surface area contributed by atoms with Gasteiger partial charge in [0.15, 0.2) is 5.75 Å². The van der Waals surface area contributed by atoms with E-state index in [0.717, 1.165) is 24.2 Å². The molecule has 2 aliphatic heterocycles. The van der Waals surface area contributed by atoms with Crippen LogP contribution < -0.4 is 10.2 Å². The summed E-state index contributed by atoms with van der Waals surface area (Å²) < 4.78 is 0. The van der Waals surface area contributed by atoms with Crippen LogP contribution in [0.3, 0.4) is 0 Å². The lowest BCUT2D eigenvalue weighted by Crippen LogP contribution is -2.54. The van der Waals surface area contributed by atoms with Crippen molar-refractivity contribution >= 4 is 29.6 Å². The molecule has 2 aliphatic rings. The Morgan fingerprint density at radius 2 is 1.70 bits per heavy atom. The van der Waals surface area contributed by atoms with Crippen LogP contribution in [0.1, 0.15) is 98.3 Å². The Bertz CT molecular complexity index is 927. The van der Waals surface area contributed by atoms with Gasteiger partial charge in [-0.2, -0.15) is 0 Å².